The summed E-state index contributed by atoms with van der Waals surface area (Å²) < 4.78 is 5.20. The molecule has 1 unspecified atom stereocenters. The van der Waals surface area contributed by atoms with Crippen molar-refractivity contribution in [2.24, 2.45) is 11.7 Å². The van der Waals surface area contributed by atoms with E-state index in [0.717, 1.165) is 12.0 Å². The Balaban J connectivity index is 1.32. The third kappa shape index (κ3) is 4.44. The number of primary amides is 1. The number of carbonyl (C=O) groups is 4. The number of carbonyl (C=O) groups excluding carboxylic acids is 4. The Morgan fingerprint density at radius 2 is 1.68 bits per heavy atom. The minimum atomic E-state index is -0.589. The summed E-state index contributed by atoms with van der Waals surface area (Å²) in [6, 6.07) is 17.2. The number of methoxy groups -OCH3 is 1. The summed E-state index contributed by atoms with van der Waals surface area (Å²) in [5.41, 5.74) is 9.87. The molecule has 2 atom stereocenters. The van der Waals surface area contributed by atoms with Gasteiger partial charge in [0.15, 0.2) is 11.6 Å². The van der Waals surface area contributed by atoms with E-state index in [9.17, 15) is 19.2 Å². The van der Waals surface area contributed by atoms with E-state index in [1.54, 1.807) is 61.7 Å². The fourth-order valence-corrected chi connectivity index (χ4v) is 4.96. The summed E-state index contributed by atoms with van der Waals surface area (Å²) in [6.07, 6.45) is 1.11. The summed E-state index contributed by atoms with van der Waals surface area (Å²) in [5, 5.41) is 0. The van der Waals surface area contributed by atoms with Gasteiger partial charge in [-0.25, -0.2) is 0 Å². The maximum atomic E-state index is 13.2. The van der Waals surface area contributed by atoms with Gasteiger partial charge in [0.2, 0.25) is 5.91 Å². The molecule has 7 heteroatoms. The molecular formula is C30H26N2O5. The number of fused-ring (bicyclic) bond motifs is 1. The van der Waals surface area contributed by atoms with Crippen molar-refractivity contribution in [2.45, 2.75) is 25.7 Å². The largest absolute Gasteiger partial charge is 0.497 e. The highest BCUT2D eigenvalue weighted by atomic mass is 16.5. The summed E-state index contributed by atoms with van der Waals surface area (Å²) in [5.74, 6) is -0.0901. The smallest absolute Gasteiger partial charge is 0.263 e. The highest BCUT2D eigenvalue weighted by Crippen LogP contribution is 2.50. The molecule has 186 valence electrons. The molecular weight excluding hydrogens is 468 g/mol. The zero-order valence-corrected chi connectivity index (χ0v) is 20.6. The molecule has 3 aromatic carbocycles. The summed E-state index contributed by atoms with van der Waals surface area (Å²) in [4.78, 5) is 51.4. The van der Waals surface area contributed by atoms with Gasteiger partial charge in [-0.15, -0.1) is 0 Å². The second kappa shape index (κ2) is 9.17. The average Bonchev–Trinajstić information content (AvgIpc) is 3.62. The van der Waals surface area contributed by atoms with Crippen LogP contribution in [0.5, 0.6) is 5.75 Å². The number of nitrogens with two attached hydrogens (primary N) is 1. The van der Waals surface area contributed by atoms with E-state index in [4.69, 9.17) is 10.5 Å². The van der Waals surface area contributed by atoms with Crippen LogP contribution in [0.15, 0.2) is 67.2 Å². The van der Waals surface area contributed by atoms with E-state index < -0.39 is 5.91 Å². The lowest BCUT2D eigenvalue weighted by Gasteiger charge is -2.17. The second-order valence-electron chi connectivity index (χ2n) is 9.54. The van der Waals surface area contributed by atoms with E-state index in [1.165, 1.54) is 17.9 Å². The Hall–Kier alpha value is -4.52. The van der Waals surface area contributed by atoms with Crippen LogP contribution in [-0.4, -0.2) is 30.5 Å². The highest BCUT2D eigenvalue weighted by Gasteiger charge is 2.40. The molecule has 1 aliphatic carbocycles. The molecule has 0 radical (unpaired) electrons. The predicted octanol–water partition coefficient (Wildman–Crippen LogP) is 5.00. The van der Waals surface area contributed by atoms with Crippen molar-refractivity contribution in [3.05, 3.63) is 101 Å². The Morgan fingerprint density at radius 3 is 2.32 bits per heavy atom. The average molecular weight is 495 g/mol. The third-order valence-electron chi connectivity index (χ3n) is 7.13. The van der Waals surface area contributed by atoms with Crippen LogP contribution in [0, 0.1) is 5.92 Å². The molecule has 0 saturated heterocycles. The normalized spacial score (nSPS) is 17.9. The van der Waals surface area contributed by atoms with Crippen LogP contribution in [-0.2, 0) is 0 Å². The van der Waals surface area contributed by atoms with E-state index in [1.807, 2.05) is 0 Å². The molecule has 0 bridgehead atoms. The van der Waals surface area contributed by atoms with Gasteiger partial charge in [-0.05, 0) is 85.3 Å². The molecule has 2 N–H and O–H groups in total. The maximum Gasteiger partial charge on any atom is 0.263 e. The number of hydrogen-bond donors (Lipinski definition) is 1. The minimum Gasteiger partial charge on any atom is -0.497 e. The quantitative estimate of drug-likeness (QED) is 0.443. The second-order valence-corrected chi connectivity index (χ2v) is 9.54. The monoisotopic (exact) mass is 494 g/mol. The SMILES string of the molecule is C=C1c2cc(C(=O)C[C@H]3CC3c3cc(C(C)=O)cc(C(N)=O)c3)ccc2C(=O)N1c1ccc(OC)cc1. The van der Waals surface area contributed by atoms with Crippen molar-refractivity contribution < 1.29 is 23.9 Å². The van der Waals surface area contributed by atoms with Gasteiger partial charge in [-0.2, -0.15) is 0 Å². The lowest BCUT2D eigenvalue weighted by Crippen LogP contribution is -2.21. The molecule has 1 aliphatic heterocycles. The first kappa shape index (κ1) is 24.2. The molecule has 0 aromatic heterocycles. The van der Waals surface area contributed by atoms with Crippen LogP contribution in [0.25, 0.3) is 5.70 Å². The Labute approximate surface area is 214 Å². The van der Waals surface area contributed by atoms with Crippen molar-refractivity contribution in [1.82, 2.24) is 0 Å². The fraction of sp³-hybridized carbons (Fsp3) is 0.200. The van der Waals surface area contributed by atoms with Gasteiger partial charge in [-0.3, -0.25) is 24.1 Å². The number of rotatable bonds is 8. The molecule has 2 aliphatic rings. The van der Waals surface area contributed by atoms with Crippen LogP contribution in [0.4, 0.5) is 5.69 Å². The Kier molecular flexibility index (Phi) is 5.99. The molecule has 2 amide bonds. The predicted molar refractivity (Wildman–Crippen MR) is 140 cm³/mol. The number of ketones is 2. The van der Waals surface area contributed by atoms with Crippen molar-refractivity contribution in [3.63, 3.8) is 0 Å². The topological polar surface area (TPSA) is 107 Å². The van der Waals surface area contributed by atoms with Gasteiger partial charge in [0.05, 0.1) is 12.8 Å². The maximum absolute atomic E-state index is 13.2. The van der Waals surface area contributed by atoms with Crippen molar-refractivity contribution in [1.29, 1.82) is 0 Å². The van der Waals surface area contributed by atoms with Gasteiger partial charge in [0, 0.05) is 39.9 Å². The van der Waals surface area contributed by atoms with Crippen LogP contribution >= 0.6 is 0 Å². The van der Waals surface area contributed by atoms with Crippen LogP contribution < -0.4 is 15.4 Å². The number of amides is 2. The highest BCUT2D eigenvalue weighted by molar-refractivity contribution is 6.22. The van der Waals surface area contributed by atoms with Crippen molar-refractivity contribution >= 4 is 34.8 Å². The number of anilines is 1. The van der Waals surface area contributed by atoms with Crippen LogP contribution in [0.2, 0.25) is 0 Å². The van der Waals surface area contributed by atoms with Gasteiger partial charge in [0.25, 0.3) is 5.91 Å². The lowest BCUT2D eigenvalue weighted by molar-refractivity contribution is 0.0969. The first-order chi connectivity index (χ1) is 17.7. The molecule has 37 heavy (non-hydrogen) atoms. The summed E-state index contributed by atoms with van der Waals surface area (Å²) in [7, 11) is 1.58. The third-order valence-corrected chi connectivity index (χ3v) is 7.13. The Bertz CT molecular complexity index is 1460. The van der Waals surface area contributed by atoms with Gasteiger partial charge in [-0.1, -0.05) is 12.6 Å². The molecule has 7 nitrogen and oxygen atoms in total. The van der Waals surface area contributed by atoms with Gasteiger partial charge >= 0.3 is 0 Å². The number of hydrogen-bond acceptors (Lipinski definition) is 5. The zero-order valence-electron chi connectivity index (χ0n) is 20.6. The molecule has 0 spiro atoms. The lowest BCUT2D eigenvalue weighted by atomic mass is 9.96. The molecule has 1 heterocycles. The summed E-state index contributed by atoms with van der Waals surface area (Å²) in [6.45, 7) is 5.56. The summed E-state index contributed by atoms with van der Waals surface area (Å²) >= 11 is 0. The fourth-order valence-electron chi connectivity index (χ4n) is 4.96. The molecule has 3 aromatic rings. The van der Waals surface area contributed by atoms with Gasteiger partial charge < -0.3 is 10.5 Å². The number of ether oxygens (including phenoxy) is 1. The number of Topliss-reactive ketones (excluding diaryl/α,β-unsaturated/α-hetero) is 2. The Morgan fingerprint density at radius 1 is 0.973 bits per heavy atom. The molecule has 1 saturated carbocycles. The molecule has 5 rings (SSSR count). The van der Waals surface area contributed by atoms with E-state index in [0.29, 0.717) is 51.4 Å². The number of benzene rings is 3. The van der Waals surface area contributed by atoms with Crippen LogP contribution in [0.3, 0.4) is 0 Å². The first-order valence-electron chi connectivity index (χ1n) is 12.0. The van der Waals surface area contributed by atoms with Crippen LogP contribution in [0.1, 0.15) is 78.2 Å². The first-order valence-corrected chi connectivity index (χ1v) is 12.0. The van der Waals surface area contributed by atoms with Crippen molar-refractivity contribution in [3.8, 4) is 5.75 Å². The van der Waals surface area contributed by atoms with Crippen molar-refractivity contribution in [2.75, 3.05) is 12.0 Å². The number of nitrogens with zero attached hydrogens (tertiary/aromatic N) is 1. The zero-order chi connectivity index (χ0) is 26.4. The van der Waals surface area contributed by atoms with E-state index in [-0.39, 0.29) is 29.3 Å². The van der Waals surface area contributed by atoms with E-state index in [2.05, 4.69) is 6.58 Å². The molecule has 1 fully saturated rings. The minimum absolute atomic E-state index is 0.0312. The standard InChI is InChI=1S/C30H26N2O5/c1-16-26-13-18(4-9-25(26)30(36)32(16)23-5-7-24(37-3)8-6-23)28(34)15-21-14-27(21)20-10-19(17(2)33)11-22(12-20)29(31)35/h4-13,21,27H,1,14-15H2,2-3H3,(H2,31,35)/t21-,27?/m1/s1. The van der Waals surface area contributed by atoms with E-state index >= 15 is 0 Å². The van der Waals surface area contributed by atoms with Gasteiger partial charge in [0.1, 0.15) is 5.75 Å².